The number of aliphatic carboxylic acids is 1. The van der Waals surface area contributed by atoms with Gasteiger partial charge in [-0.1, -0.05) is 13.8 Å². The standard InChI is InChI=1S/C24H41N3O9/c1-13(2)19(22(33)34)27-20(31)15(10-11-17(29)35-23(4,5)6)26-21(32)16(25-14(3)28)12-18(30)36-24(7,8)9/h13,15-16,19H,10-12H2,1-9H3,(H,25,28)(H,26,32)(H,27,31)(H,33,34)/t15-,16-,19-/m0/s1. The monoisotopic (exact) mass is 515 g/mol. The van der Waals surface area contributed by atoms with Crippen molar-refractivity contribution in [3.05, 3.63) is 0 Å². The Morgan fingerprint density at radius 1 is 0.750 bits per heavy atom. The number of amides is 3. The number of esters is 2. The van der Waals surface area contributed by atoms with Crippen molar-refractivity contribution < 1.29 is 43.3 Å². The maximum atomic E-state index is 13.0. The zero-order valence-electron chi connectivity index (χ0n) is 22.6. The number of hydrogen-bond donors (Lipinski definition) is 4. The highest BCUT2D eigenvalue weighted by Crippen LogP contribution is 2.12. The van der Waals surface area contributed by atoms with E-state index in [2.05, 4.69) is 16.0 Å². The molecule has 0 aromatic carbocycles. The molecule has 12 nitrogen and oxygen atoms in total. The molecule has 0 spiro atoms. The third-order valence-corrected chi connectivity index (χ3v) is 4.41. The lowest BCUT2D eigenvalue weighted by Gasteiger charge is -2.26. The number of carboxylic acid groups (broad SMARTS) is 1. The van der Waals surface area contributed by atoms with Crippen LogP contribution in [0.5, 0.6) is 0 Å². The first-order valence-corrected chi connectivity index (χ1v) is 11.8. The topological polar surface area (TPSA) is 177 Å². The molecule has 0 bridgehead atoms. The van der Waals surface area contributed by atoms with Gasteiger partial charge in [-0.05, 0) is 53.9 Å². The van der Waals surface area contributed by atoms with Crippen LogP contribution in [0.4, 0.5) is 0 Å². The van der Waals surface area contributed by atoms with Gasteiger partial charge in [0.2, 0.25) is 17.7 Å². The molecule has 36 heavy (non-hydrogen) atoms. The third kappa shape index (κ3) is 14.3. The molecule has 3 amide bonds. The molecular formula is C24H41N3O9. The lowest BCUT2D eigenvalue weighted by Crippen LogP contribution is -2.56. The Kier molecular flexibility index (Phi) is 12.6. The molecule has 0 rings (SSSR count). The summed E-state index contributed by atoms with van der Waals surface area (Å²) in [6, 6.07) is -3.96. The smallest absolute Gasteiger partial charge is 0.326 e. The van der Waals surface area contributed by atoms with Crippen LogP contribution in [0.1, 0.15) is 81.6 Å². The van der Waals surface area contributed by atoms with E-state index < -0.39 is 77.3 Å². The van der Waals surface area contributed by atoms with E-state index in [1.165, 1.54) is 0 Å². The van der Waals surface area contributed by atoms with Crippen molar-refractivity contribution in [1.82, 2.24) is 16.0 Å². The Balaban J connectivity index is 5.75. The molecule has 0 aliphatic carbocycles. The lowest BCUT2D eigenvalue weighted by molar-refractivity contribution is -0.156. The molecule has 4 N–H and O–H groups in total. The minimum absolute atomic E-state index is 0.212. The molecule has 0 unspecified atom stereocenters. The molecule has 3 atom stereocenters. The third-order valence-electron chi connectivity index (χ3n) is 4.41. The summed E-state index contributed by atoms with van der Waals surface area (Å²) in [6.07, 6.45) is -0.977. The maximum Gasteiger partial charge on any atom is 0.326 e. The predicted molar refractivity (Wildman–Crippen MR) is 129 cm³/mol. The second-order valence-corrected chi connectivity index (χ2v) is 10.8. The second kappa shape index (κ2) is 13.8. The quantitative estimate of drug-likeness (QED) is 0.277. The summed E-state index contributed by atoms with van der Waals surface area (Å²) >= 11 is 0. The first kappa shape index (κ1) is 32.8. The van der Waals surface area contributed by atoms with E-state index in [9.17, 15) is 33.9 Å². The number of carbonyl (C=O) groups excluding carboxylic acids is 5. The molecule has 0 aliphatic heterocycles. The van der Waals surface area contributed by atoms with Crippen molar-refractivity contribution in [2.45, 2.75) is 111 Å². The molecule has 12 heteroatoms. The van der Waals surface area contributed by atoms with Gasteiger partial charge < -0.3 is 30.5 Å². The van der Waals surface area contributed by atoms with Gasteiger partial charge in [-0.3, -0.25) is 24.0 Å². The highest BCUT2D eigenvalue weighted by atomic mass is 16.6. The van der Waals surface area contributed by atoms with Gasteiger partial charge in [-0.25, -0.2) is 4.79 Å². The lowest BCUT2D eigenvalue weighted by atomic mass is 10.0. The highest BCUT2D eigenvalue weighted by molar-refractivity contribution is 5.95. The van der Waals surface area contributed by atoms with Crippen molar-refractivity contribution in [2.24, 2.45) is 5.92 Å². The zero-order chi connectivity index (χ0) is 28.4. The summed E-state index contributed by atoms with van der Waals surface area (Å²) in [7, 11) is 0. The zero-order valence-corrected chi connectivity index (χ0v) is 22.6. The van der Waals surface area contributed by atoms with Crippen LogP contribution in [0.2, 0.25) is 0 Å². The maximum absolute atomic E-state index is 13.0. The summed E-state index contributed by atoms with van der Waals surface area (Å²) in [5.41, 5.74) is -1.60. The largest absolute Gasteiger partial charge is 0.480 e. The van der Waals surface area contributed by atoms with Crippen LogP contribution in [-0.2, 0) is 38.2 Å². The molecule has 0 heterocycles. The number of rotatable bonds is 12. The van der Waals surface area contributed by atoms with Gasteiger partial charge in [0.15, 0.2) is 0 Å². The Morgan fingerprint density at radius 2 is 1.22 bits per heavy atom. The van der Waals surface area contributed by atoms with Crippen molar-refractivity contribution >= 4 is 35.6 Å². The van der Waals surface area contributed by atoms with Crippen molar-refractivity contribution in [2.75, 3.05) is 0 Å². The van der Waals surface area contributed by atoms with Gasteiger partial charge in [0.05, 0.1) is 6.42 Å². The molecule has 0 radical (unpaired) electrons. The number of carboxylic acids is 1. The number of ether oxygens (including phenoxy) is 2. The second-order valence-electron chi connectivity index (χ2n) is 10.8. The van der Waals surface area contributed by atoms with E-state index in [1.54, 1.807) is 55.4 Å². The molecule has 0 saturated heterocycles. The Morgan fingerprint density at radius 3 is 1.64 bits per heavy atom. The van der Waals surface area contributed by atoms with Gasteiger partial charge in [0.1, 0.15) is 29.3 Å². The Hall–Kier alpha value is -3.18. The van der Waals surface area contributed by atoms with Crippen LogP contribution in [0.3, 0.4) is 0 Å². The number of carbonyl (C=O) groups is 6. The molecule has 206 valence electrons. The van der Waals surface area contributed by atoms with Crippen molar-refractivity contribution in [1.29, 1.82) is 0 Å². The van der Waals surface area contributed by atoms with Crippen LogP contribution < -0.4 is 16.0 Å². The van der Waals surface area contributed by atoms with Crippen molar-refractivity contribution in [3.8, 4) is 0 Å². The summed E-state index contributed by atoms with van der Waals surface area (Å²) in [5, 5.41) is 16.5. The number of nitrogens with one attached hydrogen (secondary N) is 3. The van der Waals surface area contributed by atoms with Gasteiger partial charge in [-0.2, -0.15) is 0 Å². The van der Waals surface area contributed by atoms with Crippen LogP contribution in [0, 0.1) is 5.92 Å². The van der Waals surface area contributed by atoms with Crippen LogP contribution >= 0.6 is 0 Å². The molecular weight excluding hydrogens is 474 g/mol. The highest BCUT2D eigenvalue weighted by Gasteiger charge is 2.32. The summed E-state index contributed by atoms with van der Waals surface area (Å²) in [5.74, 6) is -5.43. The average Bonchev–Trinajstić information content (AvgIpc) is 2.64. The van der Waals surface area contributed by atoms with Gasteiger partial charge in [-0.15, -0.1) is 0 Å². The Bertz CT molecular complexity index is 826. The first-order chi connectivity index (χ1) is 16.2. The summed E-state index contributed by atoms with van der Waals surface area (Å²) in [4.78, 5) is 73.5. The minimum Gasteiger partial charge on any atom is -0.480 e. The molecule has 0 aromatic heterocycles. The van der Waals surface area contributed by atoms with E-state index in [1.807, 2.05) is 0 Å². The van der Waals surface area contributed by atoms with E-state index in [-0.39, 0.29) is 12.8 Å². The van der Waals surface area contributed by atoms with Crippen molar-refractivity contribution in [3.63, 3.8) is 0 Å². The Labute approximate surface area is 212 Å². The van der Waals surface area contributed by atoms with Crippen LogP contribution in [0.25, 0.3) is 0 Å². The van der Waals surface area contributed by atoms with Crippen LogP contribution in [0.15, 0.2) is 0 Å². The van der Waals surface area contributed by atoms with E-state index in [0.717, 1.165) is 6.92 Å². The van der Waals surface area contributed by atoms with E-state index in [0.29, 0.717) is 0 Å². The van der Waals surface area contributed by atoms with Gasteiger partial charge in [0, 0.05) is 13.3 Å². The predicted octanol–water partition coefficient (Wildman–Crippen LogP) is 1.06. The minimum atomic E-state index is -1.37. The first-order valence-electron chi connectivity index (χ1n) is 11.8. The number of hydrogen-bond acceptors (Lipinski definition) is 8. The molecule has 0 saturated carbocycles. The average molecular weight is 516 g/mol. The van der Waals surface area contributed by atoms with E-state index >= 15 is 0 Å². The fourth-order valence-electron chi connectivity index (χ4n) is 2.97. The SMILES string of the molecule is CC(=O)N[C@@H](CC(=O)OC(C)(C)C)C(=O)N[C@@H](CCC(=O)OC(C)(C)C)C(=O)N[C@H](C(=O)O)C(C)C. The normalized spacial score (nSPS) is 14.2. The summed E-state index contributed by atoms with van der Waals surface area (Å²) < 4.78 is 10.4. The molecule has 0 aliphatic rings. The van der Waals surface area contributed by atoms with E-state index in [4.69, 9.17) is 9.47 Å². The van der Waals surface area contributed by atoms with Crippen LogP contribution in [-0.4, -0.2) is 70.1 Å². The summed E-state index contributed by atoms with van der Waals surface area (Å²) in [6.45, 7) is 14.3. The molecule has 0 fully saturated rings. The van der Waals surface area contributed by atoms with Gasteiger partial charge in [0.25, 0.3) is 0 Å². The van der Waals surface area contributed by atoms with Gasteiger partial charge >= 0.3 is 17.9 Å². The fourth-order valence-corrected chi connectivity index (χ4v) is 2.97. The molecule has 0 aromatic rings. The fraction of sp³-hybridized carbons (Fsp3) is 0.750.